The lowest BCUT2D eigenvalue weighted by Crippen LogP contribution is -2.37. The molecule has 2 aromatic rings. The number of piperidine rings is 1. The molecule has 0 unspecified atom stereocenters. The van der Waals surface area contributed by atoms with Gasteiger partial charge in [-0.25, -0.2) is 0 Å². The molecule has 106 valence electrons. The zero-order valence-electron chi connectivity index (χ0n) is 11.3. The summed E-state index contributed by atoms with van der Waals surface area (Å²) in [6, 6.07) is 14.1. The highest BCUT2D eigenvalue weighted by atomic mass is 35.5. The van der Waals surface area contributed by atoms with E-state index >= 15 is 0 Å². The van der Waals surface area contributed by atoms with Gasteiger partial charge in [0.2, 0.25) is 5.91 Å². The fourth-order valence-electron chi connectivity index (χ4n) is 2.64. The molecule has 1 aliphatic rings. The predicted molar refractivity (Wildman–Crippen MR) is 85.4 cm³/mol. The van der Waals surface area contributed by atoms with E-state index in [1.54, 1.807) is 0 Å². The quantitative estimate of drug-likeness (QED) is 0.892. The first kappa shape index (κ1) is 14.8. The highest BCUT2D eigenvalue weighted by molar-refractivity contribution is 6.02. The number of benzene rings is 2. The Labute approximate surface area is 125 Å². The van der Waals surface area contributed by atoms with Gasteiger partial charge in [0, 0.05) is 17.6 Å². The third-order valence-corrected chi connectivity index (χ3v) is 3.72. The first-order chi connectivity index (χ1) is 9.34. The van der Waals surface area contributed by atoms with E-state index in [-0.39, 0.29) is 24.2 Å². The molecular formula is C16H19ClN2O. The zero-order chi connectivity index (χ0) is 13.1. The van der Waals surface area contributed by atoms with Crippen LogP contribution in [0, 0.1) is 5.92 Å². The molecule has 1 atom stereocenters. The van der Waals surface area contributed by atoms with E-state index < -0.39 is 0 Å². The van der Waals surface area contributed by atoms with Crippen LogP contribution >= 0.6 is 12.4 Å². The number of halogens is 1. The Hall–Kier alpha value is -1.58. The molecule has 0 radical (unpaired) electrons. The van der Waals surface area contributed by atoms with E-state index in [0.29, 0.717) is 0 Å². The molecule has 3 rings (SSSR count). The second-order valence-electron chi connectivity index (χ2n) is 5.06. The Morgan fingerprint density at radius 2 is 1.95 bits per heavy atom. The molecular weight excluding hydrogens is 272 g/mol. The molecule has 3 nitrogen and oxygen atoms in total. The highest BCUT2D eigenvalue weighted by Crippen LogP contribution is 2.24. The molecule has 0 aliphatic carbocycles. The molecule has 1 aliphatic heterocycles. The van der Waals surface area contributed by atoms with E-state index in [1.165, 1.54) is 0 Å². The Morgan fingerprint density at radius 3 is 2.75 bits per heavy atom. The summed E-state index contributed by atoms with van der Waals surface area (Å²) in [6.07, 6.45) is 2.05. The maximum atomic E-state index is 12.3. The van der Waals surface area contributed by atoms with Gasteiger partial charge < -0.3 is 10.6 Å². The van der Waals surface area contributed by atoms with E-state index in [1.807, 2.05) is 30.3 Å². The molecule has 0 saturated carbocycles. The van der Waals surface area contributed by atoms with Crippen LogP contribution < -0.4 is 10.6 Å². The SMILES string of the molecule is Cl.O=C(Nc1cccc2ccccc12)[C@@H]1CCCNC1. The van der Waals surface area contributed by atoms with Crippen molar-refractivity contribution in [1.82, 2.24) is 5.32 Å². The molecule has 0 bridgehead atoms. The van der Waals surface area contributed by atoms with Crippen LogP contribution in [0.25, 0.3) is 10.8 Å². The number of carbonyl (C=O) groups excluding carboxylic acids is 1. The van der Waals surface area contributed by atoms with Crippen LogP contribution in [0.1, 0.15) is 12.8 Å². The third-order valence-electron chi connectivity index (χ3n) is 3.72. The largest absolute Gasteiger partial charge is 0.325 e. The van der Waals surface area contributed by atoms with Crippen molar-refractivity contribution in [3.8, 4) is 0 Å². The summed E-state index contributed by atoms with van der Waals surface area (Å²) < 4.78 is 0. The second-order valence-corrected chi connectivity index (χ2v) is 5.06. The van der Waals surface area contributed by atoms with Gasteiger partial charge in [-0.05, 0) is 30.8 Å². The minimum absolute atomic E-state index is 0. The van der Waals surface area contributed by atoms with Crippen LogP contribution in [-0.2, 0) is 4.79 Å². The lowest BCUT2D eigenvalue weighted by molar-refractivity contribution is -0.120. The van der Waals surface area contributed by atoms with E-state index in [9.17, 15) is 4.79 Å². The van der Waals surface area contributed by atoms with Crippen molar-refractivity contribution in [2.45, 2.75) is 12.8 Å². The summed E-state index contributed by atoms with van der Waals surface area (Å²) in [5.74, 6) is 0.219. The minimum atomic E-state index is 0. The summed E-state index contributed by atoms with van der Waals surface area (Å²) in [6.45, 7) is 1.81. The summed E-state index contributed by atoms with van der Waals surface area (Å²) in [5.41, 5.74) is 0.911. The number of rotatable bonds is 2. The molecule has 4 heteroatoms. The predicted octanol–water partition coefficient (Wildman–Crippen LogP) is 3.20. The van der Waals surface area contributed by atoms with Gasteiger partial charge in [0.25, 0.3) is 0 Å². The van der Waals surface area contributed by atoms with Crippen LogP contribution in [0.15, 0.2) is 42.5 Å². The summed E-state index contributed by atoms with van der Waals surface area (Å²) in [5, 5.41) is 8.61. The van der Waals surface area contributed by atoms with E-state index in [0.717, 1.165) is 42.4 Å². The van der Waals surface area contributed by atoms with Crippen molar-refractivity contribution < 1.29 is 4.79 Å². The zero-order valence-corrected chi connectivity index (χ0v) is 12.1. The molecule has 0 aromatic heterocycles. The van der Waals surface area contributed by atoms with E-state index in [4.69, 9.17) is 0 Å². The normalized spacial score (nSPS) is 18.3. The number of fused-ring (bicyclic) bond motifs is 1. The number of hydrogen-bond acceptors (Lipinski definition) is 2. The Balaban J connectivity index is 0.00000147. The number of carbonyl (C=O) groups is 1. The average Bonchev–Trinajstić information content (AvgIpc) is 2.48. The number of nitrogens with one attached hydrogen (secondary N) is 2. The molecule has 20 heavy (non-hydrogen) atoms. The Kier molecular flexibility index (Phi) is 4.99. The van der Waals surface area contributed by atoms with Crippen LogP contribution in [0.2, 0.25) is 0 Å². The van der Waals surface area contributed by atoms with E-state index in [2.05, 4.69) is 22.8 Å². The van der Waals surface area contributed by atoms with Gasteiger partial charge in [0.15, 0.2) is 0 Å². The molecule has 1 heterocycles. The Bertz CT molecular complexity index is 589. The van der Waals surface area contributed by atoms with Gasteiger partial charge in [0.05, 0.1) is 5.92 Å². The average molecular weight is 291 g/mol. The number of amides is 1. The lowest BCUT2D eigenvalue weighted by Gasteiger charge is -2.22. The van der Waals surface area contributed by atoms with Crippen molar-refractivity contribution in [2.24, 2.45) is 5.92 Å². The first-order valence-corrected chi connectivity index (χ1v) is 6.84. The summed E-state index contributed by atoms with van der Waals surface area (Å²) in [4.78, 5) is 12.3. The monoisotopic (exact) mass is 290 g/mol. The van der Waals surface area contributed by atoms with Gasteiger partial charge in [-0.15, -0.1) is 12.4 Å². The van der Waals surface area contributed by atoms with Crippen LogP contribution in [0.4, 0.5) is 5.69 Å². The summed E-state index contributed by atoms with van der Waals surface area (Å²) in [7, 11) is 0. The number of hydrogen-bond donors (Lipinski definition) is 2. The van der Waals surface area contributed by atoms with Crippen molar-refractivity contribution in [3.63, 3.8) is 0 Å². The van der Waals surface area contributed by atoms with Gasteiger partial charge in [-0.3, -0.25) is 4.79 Å². The molecule has 1 saturated heterocycles. The fraction of sp³-hybridized carbons (Fsp3) is 0.312. The molecule has 2 N–H and O–H groups in total. The smallest absolute Gasteiger partial charge is 0.228 e. The highest BCUT2D eigenvalue weighted by Gasteiger charge is 2.21. The summed E-state index contributed by atoms with van der Waals surface area (Å²) >= 11 is 0. The third kappa shape index (κ3) is 3.11. The number of anilines is 1. The van der Waals surface area contributed by atoms with Crippen molar-refractivity contribution >= 4 is 34.8 Å². The van der Waals surface area contributed by atoms with Gasteiger partial charge in [-0.2, -0.15) is 0 Å². The molecule has 0 spiro atoms. The van der Waals surface area contributed by atoms with Crippen LogP contribution in [-0.4, -0.2) is 19.0 Å². The topological polar surface area (TPSA) is 41.1 Å². The van der Waals surface area contributed by atoms with Crippen LogP contribution in [0.5, 0.6) is 0 Å². The lowest BCUT2D eigenvalue weighted by atomic mass is 9.98. The molecule has 2 aromatic carbocycles. The molecule has 1 fully saturated rings. The van der Waals surface area contributed by atoms with Crippen molar-refractivity contribution in [3.05, 3.63) is 42.5 Å². The first-order valence-electron chi connectivity index (χ1n) is 6.84. The van der Waals surface area contributed by atoms with Crippen molar-refractivity contribution in [1.29, 1.82) is 0 Å². The second kappa shape index (κ2) is 6.73. The van der Waals surface area contributed by atoms with Gasteiger partial charge >= 0.3 is 0 Å². The van der Waals surface area contributed by atoms with Crippen molar-refractivity contribution in [2.75, 3.05) is 18.4 Å². The van der Waals surface area contributed by atoms with Gasteiger partial charge in [0.1, 0.15) is 0 Å². The maximum Gasteiger partial charge on any atom is 0.228 e. The fourth-order valence-corrected chi connectivity index (χ4v) is 2.64. The standard InChI is InChI=1S/C16H18N2O.ClH/c19-16(13-7-4-10-17-11-13)18-15-9-3-6-12-5-1-2-8-14(12)15;/h1-3,5-6,8-9,13,17H,4,7,10-11H2,(H,18,19);1H/t13-;/m1./s1. The minimum Gasteiger partial charge on any atom is -0.325 e. The van der Waals surface area contributed by atoms with Gasteiger partial charge in [-0.1, -0.05) is 36.4 Å². The molecule has 1 amide bonds. The Morgan fingerprint density at radius 1 is 1.15 bits per heavy atom. The van der Waals surface area contributed by atoms with Crippen LogP contribution in [0.3, 0.4) is 0 Å². The maximum absolute atomic E-state index is 12.3.